The Kier molecular flexibility index (Phi) is 3.43. The van der Waals surface area contributed by atoms with E-state index in [9.17, 15) is 0 Å². The van der Waals surface area contributed by atoms with Crippen LogP contribution in [0, 0.1) is 0 Å². The van der Waals surface area contributed by atoms with Gasteiger partial charge in [-0.3, -0.25) is 0 Å². The molecule has 0 saturated carbocycles. The van der Waals surface area contributed by atoms with Crippen LogP contribution in [0.1, 0.15) is 43.3 Å². The Morgan fingerprint density at radius 1 is 1.18 bits per heavy atom. The predicted molar refractivity (Wildman–Crippen MR) is 66.2 cm³/mol. The average molecular weight is 235 g/mol. The number of piperidine rings is 1. The minimum absolute atomic E-state index is 0.608. The zero-order valence-corrected chi connectivity index (χ0v) is 10.3. The van der Waals surface area contributed by atoms with E-state index < -0.39 is 0 Å². The van der Waals surface area contributed by atoms with Gasteiger partial charge in [0.2, 0.25) is 0 Å². The molecule has 3 rings (SSSR count). The zero-order chi connectivity index (χ0) is 11.5. The molecular weight excluding hydrogens is 214 g/mol. The molecule has 4 nitrogen and oxygen atoms in total. The van der Waals surface area contributed by atoms with Crippen molar-refractivity contribution in [2.45, 2.75) is 37.6 Å². The van der Waals surface area contributed by atoms with Crippen LogP contribution in [-0.2, 0) is 4.74 Å². The Bertz CT molecular complexity index is 319. The maximum atomic E-state index is 5.44. The van der Waals surface area contributed by atoms with Crippen molar-refractivity contribution >= 4 is 0 Å². The van der Waals surface area contributed by atoms with Crippen molar-refractivity contribution in [3.8, 4) is 0 Å². The van der Waals surface area contributed by atoms with Gasteiger partial charge in [-0.1, -0.05) is 0 Å². The highest BCUT2D eigenvalue weighted by Gasteiger charge is 2.23. The first kappa shape index (κ1) is 11.2. The molecule has 0 unspecified atom stereocenters. The lowest BCUT2D eigenvalue weighted by molar-refractivity contribution is 0.0684. The Labute approximate surface area is 102 Å². The van der Waals surface area contributed by atoms with Crippen LogP contribution in [-0.4, -0.2) is 35.9 Å². The van der Waals surface area contributed by atoms with Gasteiger partial charge in [0.05, 0.1) is 6.33 Å². The predicted octanol–water partition coefficient (Wildman–Crippen LogP) is 1.70. The van der Waals surface area contributed by atoms with Gasteiger partial charge in [0.25, 0.3) is 0 Å². The number of nitrogens with one attached hydrogen (secondary N) is 1. The molecule has 1 aromatic heterocycles. The Morgan fingerprint density at radius 2 is 1.94 bits per heavy atom. The normalized spacial score (nSPS) is 24.0. The third kappa shape index (κ3) is 2.38. The average Bonchev–Trinajstić information content (AvgIpc) is 2.90. The maximum Gasteiger partial charge on any atom is 0.0950 e. The molecule has 2 aliphatic heterocycles. The van der Waals surface area contributed by atoms with Crippen molar-refractivity contribution in [1.82, 2.24) is 14.9 Å². The van der Waals surface area contributed by atoms with Crippen molar-refractivity contribution in [3.63, 3.8) is 0 Å². The van der Waals surface area contributed by atoms with Crippen molar-refractivity contribution in [2.24, 2.45) is 0 Å². The van der Waals surface area contributed by atoms with E-state index in [0.717, 1.165) is 39.1 Å². The summed E-state index contributed by atoms with van der Waals surface area (Å²) in [5, 5.41) is 3.43. The van der Waals surface area contributed by atoms with Crippen LogP contribution in [0.2, 0.25) is 0 Å². The Balaban J connectivity index is 1.77. The third-order valence-electron chi connectivity index (χ3n) is 4.04. The molecule has 0 spiro atoms. The second kappa shape index (κ2) is 5.19. The van der Waals surface area contributed by atoms with Gasteiger partial charge in [0, 0.05) is 37.1 Å². The molecule has 0 bridgehead atoms. The number of nitrogens with zero attached hydrogens (tertiary/aromatic N) is 2. The Morgan fingerprint density at radius 3 is 2.71 bits per heavy atom. The summed E-state index contributed by atoms with van der Waals surface area (Å²) in [5.41, 5.74) is 1.44. The first-order valence-corrected chi connectivity index (χ1v) is 6.75. The number of rotatable bonds is 2. The number of ether oxygens (including phenoxy) is 1. The molecule has 0 aromatic carbocycles. The number of aromatic nitrogens is 2. The van der Waals surface area contributed by atoms with Gasteiger partial charge in [0.1, 0.15) is 0 Å². The minimum Gasteiger partial charge on any atom is -0.381 e. The molecule has 2 saturated heterocycles. The summed E-state index contributed by atoms with van der Waals surface area (Å²) < 4.78 is 7.85. The lowest BCUT2D eigenvalue weighted by Crippen LogP contribution is -2.29. The summed E-state index contributed by atoms with van der Waals surface area (Å²) in [7, 11) is 0. The first-order valence-electron chi connectivity index (χ1n) is 6.75. The molecular formula is C13H21N3O. The smallest absolute Gasteiger partial charge is 0.0950 e. The lowest BCUT2D eigenvalue weighted by atomic mass is 9.94. The second-order valence-corrected chi connectivity index (χ2v) is 5.09. The third-order valence-corrected chi connectivity index (χ3v) is 4.04. The lowest BCUT2D eigenvalue weighted by Gasteiger charge is -2.29. The highest BCUT2D eigenvalue weighted by atomic mass is 16.5. The summed E-state index contributed by atoms with van der Waals surface area (Å²) in [5.74, 6) is 0.696. The van der Waals surface area contributed by atoms with E-state index in [0.29, 0.717) is 12.0 Å². The summed E-state index contributed by atoms with van der Waals surface area (Å²) >= 11 is 0. The van der Waals surface area contributed by atoms with Crippen molar-refractivity contribution in [3.05, 3.63) is 18.2 Å². The molecule has 1 N–H and O–H groups in total. The van der Waals surface area contributed by atoms with Gasteiger partial charge < -0.3 is 14.6 Å². The summed E-state index contributed by atoms with van der Waals surface area (Å²) in [6.07, 6.45) is 8.85. The SMILES string of the molecule is c1ncn(C2CCOCC2)c1C1CCNCC1. The molecule has 3 heterocycles. The second-order valence-electron chi connectivity index (χ2n) is 5.09. The largest absolute Gasteiger partial charge is 0.381 e. The molecule has 4 heteroatoms. The number of hydrogen-bond acceptors (Lipinski definition) is 3. The molecule has 0 atom stereocenters. The van der Waals surface area contributed by atoms with E-state index in [-0.39, 0.29) is 0 Å². The first-order chi connectivity index (χ1) is 8.45. The van der Waals surface area contributed by atoms with Gasteiger partial charge in [-0.2, -0.15) is 0 Å². The van der Waals surface area contributed by atoms with Gasteiger partial charge in [-0.15, -0.1) is 0 Å². The van der Waals surface area contributed by atoms with Crippen molar-refractivity contribution in [1.29, 1.82) is 0 Å². The van der Waals surface area contributed by atoms with Gasteiger partial charge in [-0.05, 0) is 38.8 Å². The zero-order valence-electron chi connectivity index (χ0n) is 10.3. The molecule has 0 aliphatic carbocycles. The van der Waals surface area contributed by atoms with Crippen LogP contribution >= 0.6 is 0 Å². The number of hydrogen-bond donors (Lipinski definition) is 1. The van der Waals surface area contributed by atoms with E-state index in [4.69, 9.17) is 4.74 Å². The van der Waals surface area contributed by atoms with E-state index in [1.807, 2.05) is 6.33 Å². The summed E-state index contributed by atoms with van der Waals surface area (Å²) in [4.78, 5) is 4.37. The fourth-order valence-electron chi connectivity index (χ4n) is 3.02. The molecule has 0 radical (unpaired) electrons. The van der Waals surface area contributed by atoms with Crippen LogP contribution in [0.4, 0.5) is 0 Å². The van der Waals surface area contributed by atoms with Crippen molar-refractivity contribution < 1.29 is 4.74 Å². The molecule has 2 aliphatic rings. The highest BCUT2D eigenvalue weighted by Crippen LogP contribution is 2.30. The quantitative estimate of drug-likeness (QED) is 0.848. The van der Waals surface area contributed by atoms with Gasteiger partial charge >= 0.3 is 0 Å². The Hall–Kier alpha value is -0.870. The molecule has 2 fully saturated rings. The standard InChI is InChI=1S/C13H21N3O/c1-5-14-6-2-11(1)13-9-15-10-16(13)12-3-7-17-8-4-12/h9-12,14H,1-8H2. The minimum atomic E-state index is 0.608. The fourth-order valence-corrected chi connectivity index (χ4v) is 3.02. The van der Waals surface area contributed by atoms with Crippen LogP contribution < -0.4 is 5.32 Å². The van der Waals surface area contributed by atoms with Gasteiger partial charge in [-0.25, -0.2) is 4.98 Å². The molecule has 1 aromatic rings. The summed E-state index contributed by atoms with van der Waals surface area (Å²) in [6, 6.07) is 0.608. The van der Waals surface area contributed by atoms with Crippen LogP contribution in [0.25, 0.3) is 0 Å². The molecule has 17 heavy (non-hydrogen) atoms. The van der Waals surface area contributed by atoms with E-state index >= 15 is 0 Å². The highest BCUT2D eigenvalue weighted by molar-refractivity contribution is 5.09. The van der Waals surface area contributed by atoms with Crippen molar-refractivity contribution in [2.75, 3.05) is 26.3 Å². The molecule has 0 amide bonds. The van der Waals surface area contributed by atoms with Crippen LogP contribution in [0.5, 0.6) is 0 Å². The van der Waals surface area contributed by atoms with Crippen LogP contribution in [0.3, 0.4) is 0 Å². The summed E-state index contributed by atoms with van der Waals surface area (Å²) in [6.45, 7) is 4.08. The maximum absolute atomic E-state index is 5.44. The number of imidazole rings is 1. The molecule has 94 valence electrons. The fraction of sp³-hybridized carbons (Fsp3) is 0.769. The van der Waals surface area contributed by atoms with Crippen LogP contribution in [0.15, 0.2) is 12.5 Å². The van der Waals surface area contributed by atoms with E-state index in [1.165, 1.54) is 18.5 Å². The van der Waals surface area contributed by atoms with E-state index in [1.54, 1.807) is 0 Å². The van der Waals surface area contributed by atoms with Gasteiger partial charge in [0.15, 0.2) is 0 Å². The monoisotopic (exact) mass is 235 g/mol. The van der Waals surface area contributed by atoms with E-state index in [2.05, 4.69) is 21.1 Å². The topological polar surface area (TPSA) is 39.1 Å².